The van der Waals surface area contributed by atoms with Crippen LogP contribution < -0.4 is 0 Å². The highest BCUT2D eigenvalue weighted by atomic mass is 19.1. The Kier molecular flexibility index (Phi) is 1.73. The topological polar surface area (TPSA) is 44.0 Å². The second kappa shape index (κ2) is 2.54. The molecule has 2 nitrogen and oxygen atoms in total. The third kappa shape index (κ3) is 1.27. The fourth-order valence-electron chi connectivity index (χ4n) is 0.671. The molecule has 4 heteroatoms. The van der Waals surface area contributed by atoms with E-state index in [-0.39, 0.29) is 0 Å². The van der Waals surface area contributed by atoms with Crippen LogP contribution in [-0.4, -0.2) is 5.11 Å². The summed E-state index contributed by atoms with van der Waals surface area (Å²) in [5, 5.41) is 17.0. The van der Waals surface area contributed by atoms with Crippen LogP contribution in [0, 0.1) is 23.0 Å². The second-order valence-corrected chi connectivity index (χ2v) is 1.89. The predicted octanol–water partition coefficient (Wildman–Crippen LogP) is 1.54. The lowest BCUT2D eigenvalue weighted by molar-refractivity contribution is 0.458. The number of benzene rings is 1. The van der Waals surface area contributed by atoms with E-state index in [1.807, 2.05) is 0 Å². The van der Waals surface area contributed by atoms with E-state index in [4.69, 9.17) is 10.4 Å². The van der Waals surface area contributed by atoms with Gasteiger partial charge in [-0.2, -0.15) is 5.26 Å². The third-order valence-corrected chi connectivity index (χ3v) is 1.15. The maximum absolute atomic E-state index is 12.5. The number of halogens is 2. The van der Waals surface area contributed by atoms with Crippen LogP contribution in [0.3, 0.4) is 0 Å². The van der Waals surface area contributed by atoms with E-state index in [1.54, 1.807) is 0 Å². The van der Waals surface area contributed by atoms with Crippen molar-refractivity contribution in [3.05, 3.63) is 29.3 Å². The zero-order chi connectivity index (χ0) is 8.43. The summed E-state index contributed by atoms with van der Waals surface area (Å²) in [5.41, 5.74) is -0.536. The summed E-state index contributed by atoms with van der Waals surface area (Å²) in [6, 6.07) is 2.62. The van der Waals surface area contributed by atoms with Gasteiger partial charge in [0.05, 0.1) is 0 Å². The summed E-state index contributed by atoms with van der Waals surface area (Å²) in [7, 11) is 0. The molecule has 0 bridgehead atoms. The molecule has 0 aromatic heterocycles. The van der Waals surface area contributed by atoms with Gasteiger partial charge in [-0.3, -0.25) is 0 Å². The molecule has 0 saturated carbocycles. The Morgan fingerprint density at radius 2 is 2.00 bits per heavy atom. The molecule has 0 spiro atoms. The van der Waals surface area contributed by atoms with Gasteiger partial charge in [0.2, 0.25) is 0 Å². The number of rotatable bonds is 0. The van der Waals surface area contributed by atoms with Gasteiger partial charge in [-0.1, -0.05) is 0 Å². The number of phenols is 1. The molecule has 1 N–H and O–H groups in total. The summed E-state index contributed by atoms with van der Waals surface area (Å²) >= 11 is 0. The van der Waals surface area contributed by atoms with Gasteiger partial charge in [0.25, 0.3) is 0 Å². The largest absolute Gasteiger partial charge is 0.506 e. The van der Waals surface area contributed by atoms with Crippen LogP contribution in [-0.2, 0) is 0 Å². The van der Waals surface area contributed by atoms with E-state index >= 15 is 0 Å². The van der Waals surface area contributed by atoms with Crippen LogP contribution in [0.2, 0.25) is 0 Å². The Morgan fingerprint density at radius 3 is 2.45 bits per heavy atom. The van der Waals surface area contributed by atoms with Crippen molar-refractivity contribution in [3.63, 3.8) is 0 Å². The molecule has 1 aromatic rings. The van der Waals surface area contributed by atoms with E-state index in [2.05, 4.69) is 0 Å². The van der Waals surface area contributed by atoms with Gasteiger partial charge in [-0.25, -0.2) is 8.78 Å². The first-order chi connectivity index (χ1) is 5.15. The molecule has 0 saturated heterocycles. The minimum Gasteiger partial charge on any atom is -0.506 e. The first-order valence-electron chi connectivity index (χ1n) is 2.73. The van der Waals surface area contributed by atoms with Crippen molar-refractivity contribution < 1.29 is 13.9 Å². The van der Waals surface area contributed by atoms with Crippen LogP contribution in [0.1, 0.15) is 5.56 Å². The van der Waals surface area contributed by atoms with Crippen molar-refractivity contribution in [2.45, 2.75) is 0 Å². The molecule has 0 radical (unpaired) electrons. The van der Waals surface area contributed by atoms with Crippen molar-refractivity contribution >= 4 is 0 Å². The SMILES string of the molecule is N#Cc1c(O)cc(F)cc1F. The van der Waals surface area contributed by atoms with Crippen molar-refractivity contribution in [2.24, 2.45) is 0 Å². The zero-order valence-corrected chi connectivity index (χ0v) is 5.31. The summed E-state index contributed by atoms with van der Waals surface area (Å²) in [5.74, 6) is -2.63. The molecule has 0 amide bonds. The number of nitrogens with zero attached hydrogens (tertiary/aromatic N) is 1. The molecule has 0 aliphatic heterocycles. The average Bonchev–Trinajstić information content (AvgIpc) is 1.85. The van der Waals surface area contributed by atoms with E-state index in [0.29, 0.717) is 12.1 Å². The Bertz CT molecular complexity index is 307. The normalized spacial score (nSPS) is 9.18. The van der Waals surface area contributed by atoms with E-state index in [9.17, 15) is 8.78 Å². The van der Waals surface area contributed by atoms with Crippen LogP contribution in [0.15, 0.2) is 12.1 Å². The Labute approximate surface area is 61.3 Å². The van der Waals surface area contributed by atoms with Crippen molar-refractivity contribution in [1.29, 1.82) is 5.26 Å². The van der Waals surface area contributed by atoms with Crippen molar-refractivity contribution in [3.8, 4) is 11.8 Å². The standard InChI is InChI=1S/C7H3F2NO/c8-4-1-6(9)5(3-10)7(11)2-4/h1-2,11H. The highest BCUT2D eigenvalue weighted by Crippen LogP contribution is 2.20. The third-order valence-electron chi connectivity index (χ3n) is 1.15. The zero-order valence-electron chi connectivity index (χ0n) is 5.31. The van der Waals surface area contributed by atoms with E-state index in [0.717, 1.165) is 0 Å². The van der Waals surface area contributed by atoms with Gasteiger partial charge in [-0.05, 0) is 0 Å². The highest BCUT2D eigenvalue weighted by molar-refractivity contribution is 5.43. The van der Waals surface area contributed by atoms with Crippen LogP contribution in [0.5, 0.6) is 5.75 Å². The first kappa shape index (κ1) is 7.48. The monoisotopic (exact) mass is 155 g/mol. The van der Waals surface area contributed by atoms with Crippen LogP contribution >= 0.6 is 0 Å². The lowest BCUT2D eigenvalue weighted by Crippen LogP contribution is -1.86. The minimum absolute atomic E-state index is 0.536. The number of hydrogen-bond donors (Lipinski definition) is 1. The van der Waals surface area contributed by atoms with E-state index in [1.165, 1.54) is 6.07 Å². The molecular weight excluding hydrogens is 152 g/mol. The molecule has 0 unspecified atom stereocenters. The number of phenolic OH excluding ortho intramolecular Hbond substituents is 1. The van der Waals surface area contributed by atoms with Crippen LogP contribution in [0.4, 0.5) is 8.78 Å². The molecule has 0 atom stereocenters. The molecule has 0 aliphatic rings. The summed E-state index contributed by atoms with van der Waals surface area (Å²) in [4.78, 5) is 0. The summed E-state index contributed by atoms with van der Waals surface area (Å²) < 4.78 is 24.7. The Balaban J connectivity index is 3.40. The number of hydrogen-bond acceptors (Lipinski definition) is 2. The first-order valence-corrected chi connectivity index (χ1v) is 2.73. The van der Waals surface area contributed by atoms with E-state index < -0.39 is 22.9 Å². The fourth-order valence-corrected chi connectivity index (χ4v) is 0.671. The maximum Gasteiger partial charge on any atom is 0.147 e. The Morgan fingerprint density at radius 1 is 1.36 bits per heavy atom. The number of aromatic hydroxyl groups is 1. The van der Waals surface area contributed by atoms with Gasteiger partial charge in [0.1, 0.15) is 29.0 Å². The minimum atomic E-state index is -1.05. The molecule has 0 heterocycles. The lowest BCUT2D eigenvalue weighted by Gasteiger charge is -1.96. The lowest BCUT2D eigenvalue weighted by atomic mass is 10.2. The molecule has 0 fully saturated rings. The maximum atomic E-state index is 12.5. The molecular formula is C7H3F2NO. The Hall–Kier alpha value is -1.63. The molecule has 11 heavy (non-hydrogen) atoms. The second-order valence-electron chi connectivity index (χ2n) is 1.89. The smallest absolute Gasteiger partial charge is 0.147 e. The number of nitriles is 1. The van der Waals surface area contributed by atoms with Gasteiger partial charge in [-0.15, -0.1) is 0 Å². The van der Waals surface area contributed by atoms with Gasteiger partial charge < -0.3 is 5.11 Å². The summed E-state index contributed by atoms with van der Waals surface area (Å²) in [6.45, 7) is 0. The average molecular weight is 155 g/mol. The highest BCUT2D eigenvalue weighted by Gasteiger charge is 2.08. The molecule has 56 valence electrons. The fraction of sp³-hybridized carbons (Fsp3) is 0. The summed E-state index contributed by atoms with van der Waals surface area (Å²) in [6.07, 6.45) is 0. The van der Waals surface area contributed by atoms with Crippen molar-refractivity contribution in [1.82, 2.24) is 0 Å². The molecule has 1 aromatic carbocycles. The molecule has 0 aliphatic carbocycles. The van der Waals surface area contributed by atoms with Gasteiger partial charge in [0, 0.05) is 12.1 Å². The molecule has 1 rings (SSSR count). The van der Waals surface area contributed by atoms with Gasteiger partial charge in [0.15, 0.2) is 0 Å². The van der Waals surface area contributed by atoms with Crippen LogP contribution in [0.25, 0.3) is 0 Å². The quantitative estimate of drug-likeness (QED) is 0.617. The van der Waals surface area contributed by atoms with Crippen molar-refractivity contribution in [2.75, 3.05) is 0 Å². The predicted molar refractivity (Wildman–Crippen MR) is 32.7 cm³/mol. The van der Waals surface area contributed by atoms with Gasteiger partial charge >= 0.3 is 0 Å².